The van der Waals surface area contributed by atoms with E-state index >= 15 is 0 Å². The zero-order chi connectivity index (χ0) is 14.8. The van der Waals surface area contributed by atoms with Gasteiger partial charge in [-0.1, -0.05) is 62.9 Å². The van der Waals surface area contributed by atoms with Gasteiger partial charge in [0.05, 0.1) is 0 Å². The third-order valence-corrected chi connectivity index (χ3v) is 3.61. The van der Waals surface area contributed by atoms with Gasteiger partial charge < -0.3 is 5.32 Å². The first-order valence-corrected chi connectivity index (χ1v) is 7.68. The van der Waals surface area contributed by atoms with Crippen LogP contribution < -0.4 is 5.32 Å². The molecule has 1 aromatic rings. The highest BCUT2D eigenvalue weighted by Crippen LogP contribution is 2.11. The van der Waals surface area contributed by atoms with Gasteiger partial charge in [0, 0.05) is 12.6 Å². The number of hydrogen-bond donors (Lipinski definition) is 1. The lowest BCUT2D eigenvalue weighted by Crippen LogP contribution is -2.27. The summed E-state index contributed by atoms with van der Waals surface area (Å²) in [4.78, 5) is 11.8. The fourth-order valence-electron chi connectivity index (χ4n) is 2.10. The molecule has 0 saturated carbocycles. The lowest BCUT2D eigenvalue weighted by atomic mass is 9.99. The zero-order valence-corrected chi connectivity index (χ0v) is 13.0. The number of aryl methyl sites for hydroxylation is 1. The Morgan fingerprint density at radius 3 is 2.55 bits per heavy atom. The second-order valence-electron chi connectivity index (χ2n) is 5.41. The summed E-state index contributed by atoms with van der Waals surface area (Å²) in [7, 11) is 0. The standard InChI is InChI=1S/C18H27NO/c1-4-6-7-16(5-2)14-19-18(20)13-12-17-10-8-15(3)9-11-17/h8-13,16H,4-7,14H2,1-3H3,(H,19,20)/b13-12+/t16-/m0/s1. The maximum Gasteiger partial charge on any atom is 0.244 e. The Bertz CT molecular complexity index is 420. The molecule has 0 heterocycles. The molecule has 0 spiro atoms. The summed E-state index contributed by atoms with van der Waals surface area (Å²) in [5.41, 5.74) is 2.29. The molecule has 110 valence electrons. The van der Waals surface area contributed by atoms with Gasteiger partial charge in [-0.2, -0.15) is 0 Å². The summed E-state index contributed by atoms with van der Waals surface area (Å²) in [6.07, 6.45) is 8.28. The van der Waals surface area contributed by atoms with E-state index in [2.05, 4.69) is 38.2 Å². The fourth-order valence-corrected chi connectivity index (χ4v) is 2.10. The van der Waals surface area contributed by atoms with Gasteiger partial charge >= 0.3 is 0 Å². The number of hydrogen-bond acceptors (Lipinski definition) is 1. The highest BCUT2D eigenvalue weighted by molar-refractivity contribution is 5.91. The summed E-state index contributed by atoms with van der Waals surface area (Å²) in [5, 5.41) is 3.00. The average molecular weight is 273 g/mol. The van der Waals surface area contributed by atoms with Crippen molar-refractivity contribution in [1.82, 2.24) is 5.32 Å². The number of carbonyl (C=O) groups excluding carboxylic acids is 1. The van der Waals surface area contributed by atoms with E-state index in [1.807, 2.05) is 18.2 Å². The van der Waals surface area contributed by atoms with Gasteiger partial charge in [-0.15, -0.1) is 0 Å². The second-order valence-corrected chi connectivity index (χ2v) is 5.41. The van der Waals surface area contributed by atoms with Crippen molar-refractivity contribution in [3.8, 4) is 0 Å². The molecular formula is C18H27NO. The van der Waals surface area contributed by atoms with Crippen molar-refractivity contribution in [3.05, 3.63) is 41.5 Å². The first kappa shape index (κ1) is 16.5. The largest absolute Gasteiger partial charge is 0.352 e. The van der Waals surface area contributed by atoms with Crippen LogP contribution in [0.25, 0.3) is 6.08 Å². The van der Waals surface area contributed by atoms with Gasteiger partial charge in [0.1, 0.15) is 0 Å². The molecule has 2 heteroatoms. The number of amides is 1. The Labute approximate surface area is 123 Å². The Balaban J connectivity index is 2.37. The fraction of sp³-hybridized carbons (Fsp3) is 0.500. The SMILES string of the molecule is CCCC[C@H](CC)CNC(=O)/C=C/c1ccc(C)cc1. The molecule has 2 nitrogen and oxygen atoms in total. The van der Waals surface area contributed by atoms with E-state index in [-0.39, 0.29) is 5.91 Å². The molecule has 0 aromatic heterocycles. The summed E-state index contributed by atoms with van der Waals surface area (Å²) in [6.45, 7) is 7.24. The van der Waals surface area contributed by atoms with Crippen LogP contribution in [-0.2, 0) is 4.79 Å². The predicted octanol–water partition coefficient (Wildman–Crippen LogP) is 4.34. The van der Waals surface area contributed by atoms with Crippen LogP contribution in [-0.4, -0.2) is 12.5 Å². The van der Waals surface area contributed by atoms with Gasteiger partial charge in [-0.05, 0) is 30.9 Å². The highest BCUT2D eigenvalue weighted by Gasteiger charge is 2.06. The molecule has 0 saturated heterocycles. The van der Waals surface area contributed by atoms with E-state index in [4.69, 9.17) is 0 Å². The molecule has 0 unspecified atom stereocenters. The molecule has 20 heavy (non-hydrogen) atoms. The first-order chi connectivity index (χ1) is 9.65. The molecule has 0 bridgehead atoms. The van der Waals surface area contributed by atoms with Crippen LogP contribution in [0.5, 0.6) is 0 Å². The van der Waals surface area contributed by atoms with Crippen LogP contribution in [0.4, 0.5) is 0 Å². The van der Waals surface area contributed by atoms with Crippen LogP contribution >= 0.6 is 0 Å². The Morgan fingerprint density at radius 2 is 1.95 bits per heavy atom. The van der Waals surface area contributed by atoms with Crippen molar-refractivity contribution in [2.75, 3.05) is 6.54 Å². The van der Waals surface area contributed by atoms with E-state index < -0.39 is 0 Å². The third kappa shape index (κ3) is 6.55. The molecule has 0 radical (unpaired) electrons. The van der Waals surface area contributed by atoms with E-state index in [9.17, 15) is 4.79 Å². The minimum absolute atomic E-state index is 0.000485. The molecule has 1 aromatic carbocycles. The van der Waals surface area contributed by atoms with Crippen LogP contribution in [0.1, 0.15) is 50.7 Å². The molecular weight excluding hydrogens is 246 g/mol. The second kappa shape index (κ2) is 9.35. The number of nitrogens with one attached hydrogen (secondary N) is 1. The number of rotatable bonds is 8. The lowest BCUT2D eigenvalue weighted by Gasteiger charge is -2.14. The van der Waals surface area contributed by atoms with Gasteiger partial charge in [-0.3, -0.25) is 4.79 Å². The molecule has 1 rings (SSSR count). The van der Waals surface area contributed by atoms with Crippen LogP contribution in [0, 0.1) is 12.8 Å². The Morgan fingerprint density at radius 1 is 1.25 bits per heavy atom. The monoisotopic (exact) mass is 273 g/mol. The summed E-state index contributed by atoms with van der Waals surface area (Å²) in [6, 6.07) is 8.15. The predicted molar refractivity (Wildman–Crippen MR) is 86.5 cm³/mol. The van der Waals surface area contributed by atoms with Gasteiger partial charge in [0.15, 0.2) is 0 Å². The van der Waals surface area contributed by atoms with Gasteiger partial charge in [-0.25, -0.2) is 0 Å². The van der Waals surface area contributed by atoms with Gasteiger partial charge in [0.2, 0.25) is 5.91 Å². The van der Waals surface area contributed by atoms with E-state index in [0.29, 0.717) is 5.92 Å². The van der Waals surface area contributed by atoms with Crippen LogP contribution in [0.3, 0.4) is 0 Å². The first-order valence-electron chi connectivity index (χ1n) is 7.68. The summed E-state index contributed by atoms with van der Waals surface area (Å²) in [5.74, 6) is 0.604. The molecule has 0 fully saturated rings. The molecule has 0 aliphatic heterocycles. The van der Waals surface area contributed by atoms with Crippen molar-refractivity contribution in [1.29, 1.82) is 0 Å². The van der Waals surface area contributed by atoms with E-state index in [1.54, 1.807) is 6.08 Å². The summed E-state index contributed by atoms with van der Waals surface area (Å²) < 4.78 is 0. The van der Waals surface area contributed by atoms with E-state index in [0.717, 1.165) is 18.5 Å². The smallest absolute Gasteiger partial charge is 0.244 e. The van der Waals surface area contributed by atoms with Crippen molar-refractivity contribution in [2.45, 2.75) is 46.5 Å². The number of benzene rings is 1. The highest BCUT2D eigenvalue weighted by atomic mass is 16.1. The Kier molecular flexibility index (Phi) is 7.71. The van der Waals surface area contributed by atoms with Crippen molar-refractivity contribution in [3.63, 3.8) is 0 Å². The maximum absolute atomic E-state index is 11.8. The average Bonchev–Trinajstić information content (AvgIpc) is 2.47. The van der Waals surface area contributed by atoms with Crippen molar-refractivity contribution in [2.24, 2.45) is 5.92 Å². The minimum Gasteiger partial charge on any atom is -0.352 e. The summed E-state index contributed by atoms with van der Waals surface area (Å²) >= 11 is 0. The molecule has 0 aliphatic rings. The third-order valence-electron chi connectivity index (χ3n) is 3.61. The lowest BCUT2D eigenvalue weighted by molar-refractivity contribution is -0.116. The van der Waals surface area contributed by atoms with Gasteiger partial charge in [0.25, 0.3) is 0 Å². The van der Waals surface area contributed by atoms with Crippen LogP contribution in [0.15, 0.2) is 30.3 Å². The number of carbonyl (C=O) groups is 1. The van der Waals surface area contributed by atoms with Crippen LogP contribution in [0.2, 0.25) is 0 Å². The normalized spacial score (nSPS) is 12.6. The maximum atomic E-state index is 11.8. The Hall–Kier alpha value is -1.57. The molecule has 1 amide bonds. The number of unbranched alkanes of at least 4 members (excludes halogenated alkanes) is 1. The topological polar surface area (TPSA) is 29.1 Å². The zero-order valence-electron chi connectivity index (χ0n) is 13.0. The molecule has 1 N–H and O–H groups in total. The minimum atomic E-state index is 0.000485. The quantitative estimate of drug-likeness (QED) is 0.701. The van der Waals surface area contributed by atoms with E-state index in [1.165, 1.54) is 24.8 Å². The molecule has 1 atom stereocenters. The molecule has 0 aliphatic carbocycles. The van der Waals surface area contributed by atoms with Crippen molar-refractivity contribution < 1.29 is 4.79 Å². The van der Waals surface area contributed by atoms with Crippen molar-refractivity contribution >= 4 is 12.0 Å².